The number of nitrogens with one attached hydrogen (secondary N) is 2. The van der Waals surface area contributed by atoms with Crippen LogP contribution in [0, 0.1) is 6.92 Å². The second-order valence-corrected chi connectivity index (χ2v) is 7.88. The van der Waals surface area contributed by atoms with Crippen molar-refractivity contribution in [2.24, 2.45) is 0 Å². The molecule has 3 amide bonds. The fraction of sp³-hybridized carbons (Fsp3) is 0.174. The van der Waals surface area contributed by atoms with Crippen molar-refractivity contribution in [3.05, 3.63) is 82.2 Å². The lowest BCUT2D eigenvalue weighted by atomic mass is 10.1. The second-order valence-electron chi connectivity index (χ2n) is 7.10. The molecule has 1 aromatic heterocycles. The van der Waals surface area contributed by atoms with E-state index in [9.17, 15) is 14.4 Å². The summed E-state index contributed by atoms with van der Waals surface area (Å²) in [6.45, 7) is 1.93. The lowest BCUT2D eigenvalue weighted by Gasteiger charge is -2.17. The summed E-state index contributed by atoms with van der Waals surface area (Å²) in [6.07, 6.45) is 0.146. The Morgan fingerprint density at radius 1 is 0.903 bits per heavy atom. The number of rotatable bonds is 7. The monoisotopic (exact) mass is 483 g/mol. The van der Waals surface area contributed by atoms with Crippen LogP contribution in [0.1, 0.15) is 21.7 Å². The summed E-state index contributed by atoms with van der Waals surface area (Å²) in [5, 5.41) is 5.50. The van der Waals surface area contributed by atoms with Crippen molar-refractivity contribution >= 4 is 45.0 Å². The Morgan fingerprint density at radius 3 is 2.13 bits per heavy atom. The van der Waals surface area contributed by atoms with Crippen molar-refractivity contribution in [3.8, 4) is 0 Å². The average Bonchev–Trinajstić information content (AvgIpc) is 3.17. The van der Waals surface area contributed by atoms with Gasteiger partial charge in [-0.15, -0.1) is 0 Å². The van der Waals surface area contributed by atoms with Crippen LogP contribution in [0.5, 0.6) is 0 Å². The SMILES string of the molecule is Cc1ccc(NC(=O)CN(C)C(=O)Cc2ccc(NC(=O)c3ccc(Br)o3)cc2)cc1. The molecule has 8 heteroatoms. The number of furan rings is 1. The van der Waals surface area contributed by atoms with Crippen molar-refractivity contribution in [1.82, 2.24) is 4.90 Å². The molecule has 160 valence electrons. The number of carbonyl (C=O) groups is 3. The normalized spacial score (nSPS) is 10.4. The lowest BCUT2D eigenvalue weighted by molar-refractivity contribution is -0.132. The first kappa shape index (κ1) is 22.3. The van der Waals surface area contributed by atoms with Crippen LogP contribution in [0.15, 0.2) is 69.8 Å². The molecule has 0 saturated carbocycles. The van der Waals surface area contributed by atoms with E-state index in [0.29, 0.717) is 16.0 Å². The fourth-order valence-corrected chi connectivity index (χ4v) is 3.09. The van der Waals surface area contributed by atoms with E-state index < -0.39 is 0 Å². The molecule has 31 heavy (non-hydrogen) atoms. The number of likely N-dealkylation sites (N-methyl/N-ethyl adjacent to an activating group) is 1. The smallest absolute Gasteiger partial charge is 0.291 e. The van der Waals surface area contributed by atoms with Gasteiger partial charge in [0.15, 0.2) is 10.4 Å². The van der Waals surface area contributed by atoms with E-state index in [2.05, 4.69) is 26.6 Å². The Kier molecular flexibility index (Phi) is 7.25. The molecule has 0 fully saturated rings. The van der Waals surface area contributed by atoms with Gasteiger partial charge in [0.05, 0.1) is 13.0 Å². The molecule has 0 unspecified atom stereocenters. The predicted molar refractivity (Wildman–Crippen MR) is 122 cm³/mol. The van der Waals surface area contributed by atoms with E-state index in [-0.39, 0.29) is 36.4 Å². The fourth-order valence-electron chi connectivity index (χ4n) is 2.79. The van der Waals surface area contributed by atoms with Gasteiger partial charge < -0.3 is 20.0 Å². The summed E-state index contributed by atoms with van der Waals surface area (Å²) in [5.41, 5.74) is 3.15. The number of benzene rings is 2. The number of amides is 3. The van der Waals surface area contributed by atoms with Crippen LogP contribution >= 0.6 is 15.9 Å². The quantitative estimate of drug-likeness (QED) is 0.525. The van der Waals surface area contributed by atoms with Gasteiger partial charge in [-0.05, 0) is 64.8 Å². The zero-order valence-electron chi connectivity index (χ0n) is 17.1. The number of halogens is 1. The summed E-state index contributed by atoms with van der Waals surface area (Å²) >= 11 is 3.16. The van der Waals surface area contributed by atoms with Gasteiger partial charge in [-0.1, -0.05) is 29.8 Å². The van der Waals surface area contributed by atoms with Gasteiger partial charge >= 0.3 is 0 Å². The summed E-state index contributed by atoms with van der Waals surface area (Å²) in [6, 6.07) is 17.6. The molecule has 0 radical (unpaired) electrons. The topological polar surface area (TPSA) is 91.7 Å². The highest BCUT2D eigenvalue weighted by atomic mass is 79.9. The Balaban J connectivity index is 1.49. The Hall–Kier alpha value is -3.39. The van der Waals surface area contributed by atoms with Crippen LogP contribution in [0.3, 0.4) is 0 Å². The van der Waals surface area contributed by atoms with E-state index in [1.54, 1.807) is 43.4 Å². The second kappa shape index (κ2) is 10.1. The van der Waals surface area contributed by atoms with Crippen molar-refractivity contribution in [3.63, 3.8) is 0 Å². The van der Waals surface area contributed by atoms with E-state index in [1.807, 2.05) is 31.2 Å². The molecule has 0 aliphatic carbocycles. The van der Waals surface area contributed by atoms with Crippen LogP contribution in [0.25, 0.3) is 0 Å². The summed E-state index contributed by atoms with van der Waals surface area (Å²) in [5.74, 6) is -0.621. The number of hydrogen-bond donors (Lipinski definition) is 2. The maximum Gasteiger partial charge on any atom is 0.291 e. The molecular weight excluding hydrogens is 462 g/mol. The van der Waals surface area contributed by atoms with Crippen LogP contribution in [-0.2, 0) is 16.0 Å². The molecule has 0 aliphatic heterocycles. The third-order valence-electron chi connectivity index (χ3n) is 4.51. The third-order valence-corrected chi connectivity index (χ3v) is 4.93. The first-order valence-corrected chi connectivity index (χ1v) is 10.4. The van der Waals surface area contributed by atoms with Gasteiger partial charge in [0.25, 0.3) is 5.91 Å². The first-order chi connectivity index (χ1) is 14.8. The highest BCUT2D eigenvalue weighted by Gasteiger charge is 2.14. The maximum absolute atomic E-state index is 12.5. The van der Waals surface area contributed by atoms with Gasteiger partial charge in [0, 0.05) is 18.4 Å². The van der Waals surface area contributed by atoms with Gasteiger partial charge in [0.1, 0.15) is 0 Å². The first-order valence-electron chi connectivity index (χ1n) is 9.56. The Labute approximate surface area is 188 Å². The van der Waals surface area contributed by atoms with Crippen molar-refractivity contribution in [1.29, 1.82) is 0 Å². The van der Waals surface area contributed by atoms with E-state index in [1.165, 1.54) is 4.90 Å². The molecule has 3 rings (SSSR count). The van der Waals surface area contributed by atoms with Crippen LogP contribution in [0.2, 0.25) is 0 Å². The molecule has 0 aliphatic rings. The van der Waals surface area contributed by atoms with Crippen molar-refractivity contribution < 1.29 is 18.8 Å². The lowest BCUT2D eigenvalue weighted by Crippen LogP contribution is -2.35. The van der Waals surface area contributed by atoms with Crippen molar-refractivity contribution in [2.75, 3.05) is 24.2 Å². The Morgan fingerprint density at radius 2 is 1.52 bits per heavy atom. The van der Waals surface area contributed by atoms with Crippen LogP contribution in [0.4, 0.5) is 11.4 Å². The largest absolute Gasteiger partial charge is 0.444 e. The molecule has 0 spiro atoms. The minimum Gasteiger partial charge on any atom is -0.444 e. The zero-order valence-corrected chi connectivity index (χ0v) is 18.7. The molecule has 2 N–H and O–H groups in total. The highest BCUT2D eigenvalue weighted by Crippen LogP contribution is 2.17. The molecule has 1 heterocycles. The van der Waals surface area contributed by atoms with E-state index >= 15 is 0 Å². The van der Waals surface area contributed by atoms with E-state index in [4.69, 9.17) is 4.42 Å². The molecule has 0 bridgehead atoms. The molecular formula is C23H22BrN3O4. The van der Waals surface area contributed by atoms with Gasteiger partial charge in [-0.25, -0.2) is 0 Å². The number of nitrogens with zero attached hydrogens (tertiary/aromatic N) is 1. The molecule has 0 saturated heterocycles. The number of aryl methyl sites for hydroxylation is 1. The molecule has 3 aromatic rings. The molecule has 0 atom stereocenters. The average molecular weight is 484 g/mol. The number of anilines is 2. The van der Waals surface area contributed by atoms with Crippen LogP contribution in [-0.4, -0.2) is 36.2 Å². The number of hydrogen-bond acceptors (Lipinski definition) is 4. The maximum atomic E-state index is 12.5. The van der Waals surface area contributed by atoms with Crippen molar-refractivity contribution in [2.45, 2.75) is 13.3 Å². The predicted octanol–water partition coefficient (Wildman–Crippen LogP) is 4.24. The van der Waals surface area contributed by atoms with Gasteiger partial charge in [0.2, 0.25) is 11.8 Å². The summed E-state index contributed by atoms with van der Waals surface area (Å²) < 4.78 is 5.69. The van der Waals surface area contributed by atoms with E-state index in [0.717, 1.165) is 11.1 Å². The number of carbonyl (C=O) groups excluding carboxylic acids is 3. The minimum absolute atomic E-state index is 0.0421. The standard InChI is InChI=1S/C23H22BrN3O4/c1-15-3-7-17(8-4-15)25-21(28)14-27(2)22(29)13-16-5-9-18(10-6-16)26-23(30)19-11-12-20(24)31-19/h3-12H,13-14H2,1-2H3,(H,25,28)(H,26,30). The zero-order chi connectivity index (χ0) is 22.4. The summed E-state index contributed by atoms with van der Waals surface area (Å²) in [4.78, 5) is 38.1. The van der Waals surface area contributed by atoms with Gasteiger partial charge in [-0.3, -0.25) is 14.4 Å². The Bertz CT molecular complexity index is 1070. The van der Waals surface area contributed by atoms with Gasteiger partial charge in [-0.2, -0.15) is 0 Å². The minimum atomic E-state index is -0.367. The molecule has 2 aromatic carbocycles. The third kappa shape index (κ3) is 6.55. The molecule has 7 nitrogen and oxygen atoms in total. The summed E-state index contributed by atoms with van der Waals surface area (Å²) in [7, 11) is 1.59. The highest BCUT2D eigenvalue weighted by molar-refractivity contribution is 9.10. The van der Waals surface area contributed by atoms with Crippen LogP contribution < -0.4 is 10.6 Å².